The molecule has 1 aliphatic heterocycles. The van der Waals surface area contributed by atoms with Crippen LogP contribution in [0.4, 0.5) is 0 Å². The van der Waals surface area contributed by atoms with Crippen LogP contribution in [-0.2, 0) is 21.3 Å². The maximum absolute atomic E-state index is 12.1. The Morgan fingerprint density at radius 3 is 2.76 bits per heavy atom. The molecule has 1 unspecified atom stereocenters. The standard InChI is InChI=1S/C14H22N2O4S/c1-11-8-12(16-20-11)9-15-21(17,18)10-13-4-2-5-14(19-13)6-3-7-14/h8,13,15H,2-7,9-10H2,1H3. The number of nitrogens with one attached hydrogen (secondary N) is 1. The maximum Gasteiger partial charge on any atom is 0.214 e. The Hall–Kier alpha value is -0.920. The third-order valence-corrected chi connectivity index (χ3v) is 5.79. The van der Waals surface area contributed by atoms with Crippen molar-refractivity contribution in [2.75, 3.05) is 5.75 Å². The molecule has 1 aliphatic carbocycles. The summed E-state index contributed by atoms with van der Waals surface area (Å²) in [5, 5.41) is 3.78. The van der Waals surface area contributed by atoms with E-state index in [1.807, 2.05) is 0 Å². The molecule has 2 heterocycles. The molecule has 1 N–H and O–H groups in total. The van der Waals surface area contributed by atoms with Crippen molar-refractivity contribution in [2.24, 2.45) is 0 Å². The molecule has 2 aliphatic rings. The molecule has 1 saturated carbocycles. The average Bonchev–Trinajstić information content (AvgIpc) is 2.81. The first-order valence-electron chi connectivity index (χ1n) is 7.54. The fraction of sp³-hybridized carbons (Fsp3) is 0.786. The summed E-state index contributed by atoms with van der Waals surface area (Å²) < 4.78 is 37.8. The van der Waals surface area contributed by atoms with Gasteiger partial charge in [0.25, 0.3) is 0 Å². The Bertz CT molecular complexity index is 592. The molecule has 6 nitrogen and oxygen atoms in total. The number of sulfonamides is 1. The van der Waals surface area contributed by atoms with E-state index in [4.69, 9.17) is 9.26 Å². The molecular formula is C14H22N2O4S. The zero-order chi connectivity index (χ0) is 14.9. The van der Waals surface area contributed by atoms with Gasteiger partial charge in [0.15, 0.2) is 0 Å². The van der Waals surface area contributed by atoms with Gasteiger partial charge in [-0.2, -0.15) is 0 Å². The van der Waals surface area contributed by atoms with E-state index in [-0.39, 0.29) is 24.0 Å². The highest BCUT2D eigenvalue weighted by molar-refractivity contribution is 7.89. The van der Waals surface area contributed by atoms with Gasteiger partial charge < -0.3 is 9.26 Å². The van der Waals surface area contributed by atoms with Crippen molar-refractivity contribution in [1.29, 1.82) is 0 Å². The van der Waals surface area contributed by atoms with Gasteiger partial charge in [-0.1, -0.05) is 5.16 Å². The van der Waals surface area contributed by atoms with Crippen molar-refractivity contribution in [2.45, 2.75) is 63.7 Å². The summed E-state index contributed by atoms with van der Waals surface area (Å²) in [5.41, 5.74) is 0.581. The number of nitrogens with zero attached hydrogens (tertiary/aromatic N) is 1. The van der Waals surface area contributed by atoms with Crippen molar-refractivity contribution in [3.8, 4) is 0 Å². The summed E-state index contributed by atoms with van der Waals surface area (Å²) in [6, 6.07) is 1.73. The van der Waals surface area contributed by atoms with Crippen LogP contribution < -0.4 is 4.72 Å². The molecule has 21 heavy (non-hydrogen) atoms. The van der Waals surface area contributed by atoms with E-state index in [0.29, 0.717) is 11.5 Å². The van der Waals surface area contributed by atoms with E-state index in [1.54, 1.807) is 13.0 Å². The summed E-state index contributed by atoms with van der Waals surface area (Å²) in [7, 11) is -3.36. The van der Waals surface area contributed by atoms with Crippen LogP contribution in [0.25, 0.3) is 0 Å². The molecule has 1 aromatic rings. The highest BCUT2D eigenvalue weighted by atomic mass is 32.2. The Morgan fingerprint density at radius 1 is 1.38 bits per heavy atom. The summed E-state index contributed by atoms with van der Waals surface area (Å²) in [5.74, 6) is 0.706. The maximum atomic E-state index is 12.1. The number of aromatic nitrogens is 1. The molecule has 7 heteroatoms. The second-order valence-corrected chi connectivity index (χ2v) is 8.05. The SMILES string of the molecule is Cc1cc(CNS(=O)(=O)CC2CCCC3(CCC3)O2)no1. The topological polar surface area (TPSA) is 81.4 Å². The van der Waals surface area contributed by atoms with E-state index in [2.05, 4.69) is 9.88 Å². The van der Waals surface area contributed by atoms with Gasteiger partial charge in [-0.25, -0.2) is 13.1 Å². The Morgan fingerprint density at radius 2 is 2.14 bits per heavy atom. The molecule has 1 spiro atoms. The van der Waals surface area contributed by atoms with Gasteiger partial charge in [0.05, 0.1) is 29.7 Å². The van der Waals surface area contributed by atoms with Gasteiger partial charge in [0, 0.05) is 6.07 Å². The largest absolute Gasteiger partial charge is 0.371 e. The monoisotopic (exact) mass is 314 g/mol. The average molecular weight is 314 g/mol. The smallest absolute Gasteiger partial charge is 0.214 e. The van der Waals surface area contributed by atoms with Crippen LogP contribution in [0.3, 0.4) is 0 Å². The van der Waals surface area contributed by atoms with Crippen molar-refractivity contribution in [3.63, 3.8) is 0 Å². The predicted octanol–water partition coefficient (Wildman–Crippen LogP) is 1.89. The highest BCUT2D eigenvalue weighted by Gasteiger charge is 2.43. The highest BCUT2D eigenvalue weighted by Crippen LogP contribution is 2.44. The van der Waals surface area contributed by atoms with E-state index in [9.17, 15) is 8.42 Å². The second-order valence-electron chi connectivity index (χ2n) is 6.20. The molecule has 1 atom stereocenters. The number of hydrogen-bond acceptors (Lipinski definition) is 5. The van der Waals surface area contributed by atoms with Gasteiger partial charge in [0.2, 0.25) is 10.0 Å². The molecular weight excluding hydrogens is 292 g/mol. The van der Waals surface area contributed by atoms with Crippen LogP contribution in [0.15, 0.2) is 10.6 Å². The Balaban J connectivity index is 1.53. The van der Waals surface area contributed by atoms with Crippen LogP contribution in [0.1, 0.15) is 50.0 Å². The first-order valence-corrected chi connectivity index (χ1v) is 9.19. The fourth-order valence-corrected chi connectivity index (χ4v) is 4.38. The Labute approximate surface area is 125 Å². The lowest BCUT2D eigenvalue weighted by Crippen LogP contribution is -2.48. The van der Waals surface area contributed by atoms with Gasteiger partial charge >= 0.3 is 0 Å². The molecule has 1 aromatic heterocycles. The summed E-state index contributed by atoms with van der Waals surface area (Å²) in [6.07, 6.45) is 6.13. The van der Waals surface area contributed by atoms with E-state index in [0.717, 1.165) is 32.1 Å². The fourth-order valence-electron chi connectivity index (χ4n) is 3.17. The first-order chi connectivity index (χ1) is 9.96. The molecule has 3 rings (SSSR count). The number of hydrogen-bond donors (Lipinski definition) is 1. The molecule has 0 bridgehead atoms. The normalized spacial score (nSPS) is 24.9. The van der Waals surface area contributed by atoms with Crippen LogP contribution >= 0.6 is 0 Å². The number of ether oxygens (including phenoxy) is 1. The lowest BCUT2D eigenvalue weighted by atomic mass is 9.74. The van der Waals surface area contributed by atoms with E-state index < -0.39 is 10.0 Å². The molecule has 0 radical (unpaired) electrons. The number of aryl methyl sites for hydroxylation is 1. The van der Waals surface area contributed by atoms with Crippen LogP contribution in [0.5, 0.6) is 0 Å². The van der Waals surface area contributed by atoms with Gasteiger partial charge in [-0.05, 0) is 45.4 Å². The third-order valence-electron chi connectivity index (χ3n) is 4.40. The third kappa shape index (κ3) is 3.64. The summed E-state index contributed by atoms with van der Waals surface area (Å²) in [4.78, 5) is 0. The van der Waals surface area contributed by atoms with Crippen LogP contribution in [0.2, 0.25) is 0 Å². The molecule has 0 aromatic carbocycles. The molecule has 0 amide bonds. The van der Waals surface area contributed by atoms with Crippen molar-refractivity contribution in [1.82, 2.24) is 9.88 Å². The van der Waals surface area contributed by atoms with E-state index >= 15 is 0 Å². The predicted molar refractivity (Wildman–Crippen MR) is 77.2 cm³/mol. The minimum absolute atomic E-state index is 0.0122. The second kappa shape index (κ2) is 5.70. The molecule has 2 fully saturated rings. The zero-order valence-electron chi connectivity index (χ0n) is 12.3. The lowest BCUT2D eigenvalue weighted by Gasteiger charge is -2.47. The van der Waals surface area contributed by atoms with Gasteiger partial charge in [-0.15, -0.1) is 0 Å². The van der Waals surface area contributed by atoms with Gasteiger partial charge in [0.1, 0.15) is 5.76 Å². The van der Waals surface area contributed by atoms with Crippen LogP contribution in [0, 0.1) is 6.92 Å². The Kier molecular flexibility index (Phi) is 4.07. The summed E-state index contributed by atoms with van der Waals surface area (Å²) >= 11 is 0. The van der Waals surface area contributed by atoms with Crippen molar-refractivity contribution < 1.29 is 17.7 Å². The van der Waals surface area contributed by atoms with Crippen LogP contribution in [-0.4, -0.2) is 31.0 Å². The van der Waals surface area contributed by atoms with Crippen molar-refractivity contribution >= 4 is 10.0 Å². The number of rotatable bonds is 5. The molecule has 118 valence electrons. The minimum Gasteiger partial charge on any atom is -0.371 e. The summed E-state index contributed by atoms with van der Waals surface area (Å²) in [6.45, 7) is 1.94. The van der Waals surface area contributed by atoms with Crippen molar-refractivity contribution in [3.05, 3.63) is 17.5 Å². The van der Waals surface area contributed by atoms with E-state index in [1.165, 1.54) is 6.42 Å². The minimum atomic E-state index is -3.36. The zero-order valence-corrected chi connectivity index (χ0v) is 13.1. The van der Waals surface area contributed by atoms with Gasteiger partial charge in [-0.3, -0.25) is 0 Å². The first kappa shape index (κ1) is 15.0. The lowest BCUT2D eigenvalue weighted by molar-refractivity contribution is -0.161. The molecule has 1 saturated heterocycles. The quantitative estimate of drug-likeness (QED) is 0.897.